The highest BCUT2D eigenvalue weighted by Gasteiger charge is 2.24. The van der Waals surface area contributed by atoms with E-state index in [1.54, 1.807) is 0 Å². The molecule has 0 bridgehead atoms. The van der Waals surface area contributed by atoms with Gasteiger partial charge in [0, 0.05) is 6.54 Å². The molecular formula is C15H21N5O2-2. The Bertz CT molecular complexity index is 602. The molecule has 22 heavy (non-hydrogen) atoms. The Balaban J connectivity index is 1.88. The maximum Gasteiger partial charge on any atom is 0.206 e. The first-order valence-corrected chi connectivity index (χ1v) is 7.52. The van der Waals surface area contributed by atoms with Crippen LogP contribution in [0.1, 0.15) is 18.1 Å². The summed E-state index contributed by atoms with van der Waals surface area (Å²) >= 11 is 0. The number of fused-ring (bicyclic) bond motifs is 2. The molecule has 1 aromatic carbocycles. The van der Waals surface area contributed by atoms with Crippen molar-refractivity contribution in [2.45, 2.75) is 19.8 Å². The van der Waals surface area contributed by atoms with Gasteiger partial charge in [-0.1, -0.05) is 6.92 Å². The van der Waals surface area contributed by atoms with Crippen LogP contribution >= 0.6 is 0 Å². The lowest BCUT2D eigenvalue weighted by Crippen LogP contribution is -2.51. The summed E-state index contributed by atoms with van der Waals surface area (Å²) in [5.74, 6) is 0.607. The number of rotatable bonds is 3. The molecule has 3 rings (SSSR count). The molecule has 7 nitrogen and oxygen atoms in total. The first-order valence-electron chi connectivity index (χ1n) is 7.52. The highest BCUT2D eigenvalue weighted by Crippen LogP contribution is 2.38. The lowest BCUT2D eigenvalue weighted by Gasteiger charge is -2.46. The lowest BCUT2D eigenvalue weighted by atomic mass is 10.1. The molecule has 2 aliphatic rings. The summed E-state index contributed by atoms with van der Waals surface area (Å²) in [7, 11) is 3.87. The number of benzene rings is 1. The second kappa shape index (κ2) is 5.75. The maximum atomic E-state index is 12.5. The highest BCUT2D eigenvalue weighted by atomic mass is 16.6. The summed E-state index contributed by atoms with van der Waals surface area (Å²) in [6.45, 7) is 3.35. The van der Waals surface area contributed by atoms with Gasteiger partial charge in [0.25, 0.3) is 0 Å². The van der Waals surface area contributed by atoms with Crippen LogP contribution in [0.2, 0.25) is 0 Å². The van der Waals surface area contributed by atoms with Crippen molar-refractivity contribution in [3.8, 4) is 0 Å². The zero-order chi connectivity index (χ0) is 15.9. The van der Waals surface area contributed by atoms with Crippen molar-refractivity contribution < 1.29 is 0 Å². The smallest absolute Gasteiger partial charge is 0.206 e. The number of likely N-dealkylation sites (N-methyl/N-ethyl adjacent to an activating group) is 1. The molecule has 1 unspecified atom stereocenters. The molecule has 1 aliphatic heterocycles. The highest BCUT2D eigenvalue weighted by molar-refractivity contribution is 6.04. The van der Waals surface area contributed by atoms with Crippen LogP contribution in [0.5, 0.6) is 0 Å². The Hall–Kier alpha value is -1.83. The van der Waals surface area contributed by atoms with Crippen LogP contribution in [-0.2, 0) is 12.8 Å². The largest absolute Gasteiger partial charge is 0.752 e. The van der Waals surface area contributed by atoms with Crippen LogP contribution in [0.3, 0.4) is 0 Å². The minimum Gasteiger partial charge on any atom is -0.752 e. The van der Waals surface area contributed by atoms with Crippen molar-refractivity contribution in [3.63, 3.8) is 0 Å². The van der Waals surface area contributed by atoms with Crippen molar-refractivity contribution in [3.05, 3.63) is 33.7 Å². The molecule has 1 atom stereocenters. The summed E-state index contributed by atoms with van der Waals surface area (Å²) in [5, 5.41) is 26.0. The molecule has 1 heterocycles. The van der Waals surface area contributed by atoms with Gasteiger partial charge in [-0.2, -0.15) is 0 Å². The first-order chi connectivity index (χ1) is 10.5. The standard InChI is InChI=1S/C15H21N5O2/c1-10-6-11-8-13-14(9-12(11)7-10)20(22)17-15(19(13)21)16-4-5-18(2)3/h8-10H,4-7H2,1-3H3,(H,16,17)/q-2. The van der Waals surface area contributed by atoms with Gasteiger partial charge in [-0.25, -0.2) is 0 Å². The van der Waals surface area contributed by atoms with E-state index < -0.39 is 0 Å². The van der Waals surface area contributed by atoms with Crippen LogP contribution in [0, 0.1) is 16.3 Å². The fourth-order valence-electron chi connectivity index (χ4n) is 2.96. The molecule has 0 aromatic heterocycles. The van der Waals surface area contributed by atoms with Crippen molar-refractivity contribution in [2.75, 3.05) is 37.4 Å². The van der Waals surface area contributed by atoms with Gasteiger partial charge in [-0.15, -0.1) is 0 Å². The van der Waals surface area contributed by atoms with E-state index >= 15 is 0 Å². The Morgan fingerprint density at radius 2 is 1.86 bits per heavy atom. The molecule has 0 fully saturated rings. The number of anilines is 2. The fourth-order valence-corrected chi connectivity index (χ4v) is 2.96. The number of nitrogens with one attached hydrogen (secondary N) is 1. The van der Waals surface area contributed by atoms with E-state index in [0.29, 0.717) is 35.6 Å². The molecule has 0 saturated carbocycles. The average Bonchev–Trinajstić information content (AvgIpc) is 2.81. The third-order valence-electron chi connectivity index (χ3n) is 4.07. The minimum atomic E-state index is 0.0512. The molecule has 7 heteroatoms. The summed E-state index contributed by atoms with van der Waals surface area (Å²) in [6, 6.07) is 3.67. The predicted octanol–water partition coefficient (Wildman–Crippen LogP) is 1.47. The monoisotopic (exact) mass is 303 g/mol. The van der Waals surface area contributed by atoms with E-state index in [2.05, 4.69) is 17.3 Å². The maximum absolute atomic E-state index is 12.5. The van der Waals surface area contributed by atoms with E-state index in [0.717, 1.165) is 29.0 Å². The molecule has 0 saturated heterocycles. The SMILES string of the molecule is CC1Cc2cc3c(cc2C1)N([O-])C(=NCCN(C)C)NN3[O-]. The number of aliphatic imine (C=N–C) groups is 1. The van der Waals surface area contributed by atoms with E-state index in [9.17, 15) is 10.4 Å². The van der Waals surface area contributed by atoms with Crippen molar-refractivity contribution >= 4 is 17.3 Å². The number of hydroxylamine groups is 1. The van der Waals surface area contributed by atoms with Crippen LogP contribution in [0.15, 0.2) is 17.1 Å². The summed E-state index contributed by atoms with van der Waals surface area (Å²) in [6.07, 6.45) is 1.91. The normalized spacial score (nSPS) is 22.1. The van der Waals surface area contributed by atoms with Gasteiger partial charge < -0.3 is 25.5 Å². The van der Waals surface area contributed by atoms with Gasteiger partial charge in [0.15, 0.2) is 0 Å². The first kappa shape index (κ1) is 15.1. The van der Waals surface area contributed by atoms with Crippen LogP contribution in [-0.4, -0.2) is 38.0 Å². The second-order valence-electron chi connectivity index (χ2n) is 6.33. The van der Waals surface area contributed by atoms with Gasteiger partial charge in [-0.05, 0) is 56.1 Å². The van der Waals surface area contributed by atoms with E-state index in [1.807, 2.05) is 31.1 Å². The molecule has 1 aliphatic carbocycles. The number of hydrogen-bond acceptors (Lipinski definition) is 5. The lowest BCUT2D eigenvalue weighted by molar-refractivity contribution is 0.420. The summed E-state index contributed by atoms with van der Waals surface area (Å²) in [5.41, 5.74) is 5.60. The van der Waals surface area contributed by atoms with Crippen molar-refractivity contribution in [1.29, 1.82) is 0 Å². The second-order valence-corrected chi connectivity index (χ2v) is 6.33. The number of nitrogens with zero attached hydrogens (tertiary/aromatic N) is 4. The molecule has 0 radical (unpaired) electrons. The minimum absolute atomic E-state index is 0.0512. The molecule has 1 aromatic rings. The van der Waals surface area contributed by atoms with Crippen LogP contribution < -0.4 is 15.7 Å². The number of hydrazine groups is 1. The quantitative estimate of drug-likeness (QED) is 0.910. The van der Waals surface area contributed by atoms with E-state index in [4.69, 9.17) is 0 Å². The van der Waals surface area contributed by atoms with Crippen molar-refractivity contribution in [2.24, 2.45) is 10.9 Å². The third kappa shape index (κ3) is 2.75. The number of hydrogen-bond donors (Lipinski definition) is 1. The molecule has 0 amide bonds. The van der Waals surface area contributed by atoms with Gasteiger partial charge in [0.2, 0.25) is 5.96 Å². The van der Waals surface area contributed by atoms with Crippen LogP contribution in [0.4, 0.5) is 11.4 Å². The van der Waals surface area contributed by atoms with E-state index in [-0.39, 0.29) is 5.96 Å². The fraction of sp³-hybridized carbons (Fsp3) is 0.533. The topological polar surface area (TPSA) is 80.2 Å². The Labute approximate surface area is 130 Å². The third-order valence-corrected chi connectivity index (χ3v) is 4.07. The molecule has 1 N–H and O–H groups in total. The van der Waals surface area contributed by atoms with Crippen LogP contribution in [0.25, 0.3) is 0 Å². The summed E-state index contributed by atoms with van der Waals surface area (Å²) < 4.78 is 0. The summed E-state index contributed by atoms with van der Waals surface area (Å²) in [4.78, 5) is 6.17. The zero-order valence-corrected chi connectivity index (χ0v) is 13.2. The Morgan fingerprint density at radius 3 is 2.50 bits per heavy atom. The van der Waals surface area contributed by atoms with Gasteiger partial charge in [-0.3, -0.25) is 10.4 Å². The zero-order valence-electron chi connectivity index (χ0n) is 13.2. The van der Waals surface area contributed by atoms with Gasteiger partial charge in [0.05, 0.1) is 17.9 Å². The molecule has 0 spiro atoms. The van der Waals surface area contributed by atoms with Gasteiger partial charge >= 0.3 is 0 Å². The van der Waals surface area contributed by atoms with Gasteiger partial charge in [0.1, 0.15) is 0 Å². The average molecular weight is 303 g/mol. The number of guanidine groups is 1. The predicted molar refractivity (Wildman–Crippen MR) is 88.7 cm³/mol. The molecular weight excluding hydrogens is 282 g/mol. The van der Waals surface area contributed by atoms with Crippen molar-refractivity contribution in [1.82, 2.24) is 10.3 Å². The van der Waals surface area contributed by atoms with E-state index in [1.165, 1.54) is 0 Å². The Kier molecular flexibility index (Phi) is 3.94. The Morgan fingerprint density at radius 1 is 1.23 bits per heavy atom. The molecule has 120 valence electrons.